The molecule has 132 valence electrons. The number of aliphatic imine (C=N–C) groups is 1. The Hall–Kier alpha value is -0.840. The van der Waals surface area contributed by atoms with Crippen molar-refractivity contribution in [3.63, 3.8) is 0 Å². The molecule has 23 heavy (non-hydrogen) atoms. The van der Waals surface area contributed by atoms with Crippen LogP contribution >= 0.6 is 35.7 Å². The van der Waals surface area contributed by atoms with Crippen LogP contribution in [0.5, 0.6) is 5.75 Å². The standard InChI is InChI=1S/C14H20F3N3OS.HI/c1-18-13(20-7-9-22-2)19-6-8-21-12-5-3-4-11(10-12)14(15,16)17;/h3-5,10H,6-9H2,1-2H3,(H2,18,19,20);1H. The van der Waals surface area contributed by atoms with Gasteiger partial charge in [-0.15, -0.1) is 24.0 Å². The average Bonchev–Trinajstić information content (AvgIpc) is 2.49. The van der Waals surface area contributed by atoms with Gasteiger partial charge in [0.05, 0.1) is 12.1 Å². The van der Waals surface area contributed by atoms with Crippen LogP contribution < -0.4 is 15.4 Å². The molecule has 0 heterocycles. The van der Waals surface area contributed by atoms with E-state index in [1.807, 2.05) is 6.26 Å². The molecule has 0 saturated carbocycles. The summed E-state index contributed by atoms with van der Waals surface area (Å²) in [7, 11) is 1.65. The lowest BCUT2D eigenvalue weighted by molar-refractivity contribution is -0.137. The van der Waals surface area contributed by atoms with E-state index in [9.17, 15) is 13.2 Å². The zero-order valence-corrected chi connectivity index (χ0v) is 16.1. The predicted octanol–water partition coefficient (Wildman–Crippen LogP) is 3.23. The molecule has 1 rings (SSSR count). The Morgan fingerprint density at radius 2 is 1.96 bits per heavy atom. The van der Waals surface area contributed by atoms with Crippen LogP contribution in [0.1, 0.15) is 5.56 Å². The number of ether oxygens (including phenoxy) is 1. The van der Waals surface area contributed by atoms with Crippen LogP contribution in [0.25, 0.3) is 0 Å². The van der Waals surface area contributed by atoms with E-state index in [4.69, 9.17) is 4.74 Å². The molecule has 0 unspecified atom stereocenters. The van der Waals surface area contributed by atoms with Gasteiger partial charge in [0.1, 0.15) is 12.4 Å². The summed E-state index contributed by atoms with van der Waals surface area (Å²) in [4.78, 5) is 4.03. The van der Waals surface area contributed by atoms with Crippen molar-refractivity contribution in [3.05, 3.63) is 29.8 Å². The van der Waals surface area contributed by atoms with E-state index in [1.165, 1.54) is 12.1 Å². The Morgan fingerprint density at radius 1 is 1.26 bits per heavy atom. The van der Waals surface area contributed by atoms with Gasteiger partial charge in [-0.25, -0.2) is 0 Å². The Morgan fingerprint density at radius 3 is 2.57 bits per heavy atom. The fourth-order valence-electron chi connectivity index (χ4n) is 1.59. The number of alkyl halides is 3. The molecule has 0 spiro atoms. The first-order chi connectivity index (χ1) is 10.5. The average molecular weight is 463 g/mol. The molecule has 0 aliphatic carbocycles. The highest BCUT2D eigenvalue weighted by Gasteiger charge is 2.30. The second-order valence-electron chi connectivity index (χ2n) is 4.29. The molecule has 0 aliphatic heterocycles. The van der Waals surface area contributed by atoms with E-state index in [1.54, 1.807) is 18.8 Å². The third-order valence-corrected chi connectivity index (χ3v) is 3.26. The summed E-state index contributed by atoms with van der Waals surface area (Å²) in [5.41, 5.74) is -0.715. The molecule has 4 nitrogen and oxygen atoms in total. The Bertz CT molecular complexity index is 487. The fourth-order valence-corrected chi connectivity index (χ4v) is 1.90. The van der Waals surface area contributed by atoms with Gasteiger partial charge in [0, 0.05) is 19.3 Å². The number of nitrogens with zero attached hydrogens (tertiary/aromatic N) is 1. The highest BCUT2D eigenvalue weighted by molar-refractivity contribution is 14.0. The van der Waals surface area contributed by atoms with E-state index < -0.39 is 11.7 Å². The number of guanidine groups is 1. The van der Waals surface area contributed by atoms with Gasteiger partial charge in [0.25, 0.3) is 0 Å². The maximum absolute atomic E-state index is 12.6. The van der Waals surface area contributed by atoms with E-state index in [0.717, 1.165) is 24.4 Å². The number of rotatable bonds is 7. The van der Waals surface area contributed by atoms with Gasteiger partial charge in [0.2, 0.25) is 0 Å². The minimum Gasteiger partial charge on any atom is -0.492 e. The summed E-state index contributed by atoms with van der Waals surface area (Å²) in [6.07, 6.45) is -2.35. The Balaban J connectivity index is 0.00000484. The molecule has 0 fully saturated rings. The minimum absolute atomic E-state index is 0. The number of halogens is 4. The van der Waals surface area contributed by atoms with Crippen molar-refractivity contribution < 1.29 is 17.9 Å². The molecule has 1 aromatic rings. The Kier molecular flexibility index (Phi) is 11.2. The number of hydrogen-bond acceptors (Lipinski definition) is 3. The van der Waals surface area contributed by atoms with Gasteiger partial charge in [-0.05, 0) is 24.5 Å². The molecule has 0 saturated heterocycles. The highest BCUT2D eigenvalue weighted by Crippen LogP contribution is 2.31. The maximum Gasteiger partial charge on any atom is 0.416 e. The second kappa shape index (κ2) is 11.7. The van der Waals surface area contributed by atoms with Crippen LogP contribution in [0.15, 0.2) is 29.3 Å². The van der Waals surface area contributed by atoms with Crippen LogP contribution in [0.3, 0.4) is 0 Å². The van der Waals surface area contributed by atoms with E-state index in [-0.39, 0.29) is 36.3 Å². The van der Waals surface area contributed by atoms with Crippen molar-refractivity contribution in [2.75, 3.05) is 38.8 Å². The van der Waals surface area contributed by atoms with Crippen LogP contribution in [-0.4, -0.2) is 44.7 Å². The predicted molar refractivity (Wildman–Crippen MR) is 100 cm³/mol. The molecular weight excluding hydrogens is 442 g/mol. The number of nitrogens with one attached hydrogen (secondary N) is 2. The van der Waals surface area contributed by atoms with Crippen LogP contribution in [-0.2, 0) is 6.18 Å². The van der Waals surface area contributed by atoms with E-state index >= 15 is 0 Å². The van der Waals surface area contributed by atoms with Gasteiger partial charge < -0.3 is 15.4 Å². The number of benzene rings is 1. The molecule has 0 radical (unpaired) electrons. The summed E-state index contributed by atoms with van der Waals surface area (Å²) in [6.45, 7) is 1.47. The third-order valence-electron chi connectivity index (χ3n) is 2.65. The second-order valence-corrected chi connectivity index (χ2v) is 5.28. The normalized spacial score (nSPS) is 11.6. The van der Waals surface area contributed by atoms with Gasteiger partial charge in [-0.1, -0.05) is 6.07 Å². The van der Waals surface area contributed by atoms with Gasteiger partial charge in [0.15, 0.2) is 5.96 Å². The number of hydrogen-bond donors (Lipinski definition) is 2. The third kappa shape index (κ3) is 9.14. The Labute approximate surface area is 155 Å². The largest absolute Gasteiger partial charge is 0.492 e. The zero-order valence-electron chi connectivity index (χ0n) is 12.9. The van der Waals surface area contributed by atoms with Gasteiger partial charge in [-0.3, -0.25) is 4.99 Å². The quantitative estimate of drug-likeness (QED) is 0.282. The van der Waals surface area contributed by atoms with E-state index in [2.05, 4.69) is 15.6 Å². The monoisotopic (exact) mass is 463 g/mol. The van der Waals surface area contributed by atoms with Crippen molar-refractivity contribution in [1.82, 2.24) is 10.6 Å². The number of thioether (sulfide) groups is 1. The first-order valence-electron chi connectivity index (χ1n) is 6.71. The van der Waals surface area contributed by atoms with Crippen LogP contribution in [0, 0.1) is 0 Å². The first kappa shape index (κ1) is 22.2. The molecule has 1 aromatic carbocycles. The smallest absolute Gasteiger partial charge is 0.416 e. The summed E-state index contributed by atoms with van der Waals surface area (Å²) in [6, 6.07) is 4.84. The topological polar surface area (TPSA) is 45.7 Å². The van der Waals surface area contributed by atoms with Crippen molar-refractivity contribution in [2.24, 2.45) is 4.99 Å². The van der Waals surface area contributed by atoms with Gasteiger partial charge in [-0.2, -0.15) is 24.9 Å². The SMILES string of the molecule is CN=C(NCCOc1cccc(C(F)(F)F)c1)NCCSC.I. The molecule has 9 heteroatoms. The minimum atomic E-state index is -4.36. The lowest BCUT2D eigenvalue weighted by Crippen LogP contribution is -2.40. The lowest BCUT2D eigenvalue weighted by Gasteiger charge is -2.13. The summed E-state index contributed by atoms with van der Waals surface area (Å²) in [5, 5.41) is 6.14. The van der Waals surface area contributed by atoms with Crippen LogP contribution in [0.4, 0.5) is 13.2 Å². The highest BCUT2D eigenvalue weighted by atomic mass is 127. The molecule has 0 atom stereocenters. The molecule has 0 amide bonds. The molecule has 2 N–H and O–H groups in total. The lowest BCUT2D eigenvalue weighted by atomic mass is 10.2. The van der Waals surface area contributed by atoms with Crippen molar-refractivity contribution in [1.29, 1.82) is 0 Å². The first-order valence-corrected chi connectivity index (χ1v) is 8.10. The van der Waals surface area contributed by atoms with Crippen LogP contribution in [0.2, 0.25) is 0 Å². The summed E-state index contributed by atoms with van der Waals surface area (Å²) >= 11 is 1.72. The molecule has 0 bridgehead atoms. The molecule has 0 aromatic heterocycles. The summed E-state index contributed by atoms with van der Waals surface area (Å²) < 4.78 is 43.0. The summed E-state index contributed by atoms with van der Waals surface area (Å²) in [5.74, 6) is 1.80. The van der Waals surface area contributed by atoms with Crippen molar-refractivity contribution in [3.8, 4) is 5.75 Å². The zero-order chi connectivity index (χ0) is 16.4. The van der Waals surface area contributed by atoms with Crippen molar-refractivity contribution >= 4 is 41.7 Å². The van der Waals surface area contributed by atoms with Gasteiger partial charge >= 0.3 is 6.18 Å². The molecule has 0 aliphatic rings. The maximum atomic E-state index is 12.6. The van der Waals surface area contributed by atoms with Crippen molar-refractivity contribution in [2.45, 2.75) is 6.18 Å². The molecular formula is C14H21F3IN3OS. The van der Waals surface area contributed by atoms with E-state index in [0.29, 0.717) is 12.5 Å². The fraction of sp³-hybridized carbons (Fsp3) is 0.500.